The second-order valence-electron chi connectivity index (χ2n) is 4.51. The normalized spacial score (nSPS) is 10.5. The standard InChI is InChI=1S/C15H18BrN3O/c1-2-14-17-9-11-19(14)10-3-8-18-15(20)12-4-6-13(16)7-5-12/h4-7,9,11H,2-3,8,10H2,1H3,(H,18,20). The van der Waals surface area contributed by atoms with Gasteiger partial charge in [0.1, 0.15) is 5.82 Å². The van der Waals surface area contributed by atoms with Gasteiger partial charge in [-0.3, -0.25) is 4.79 Å². The summed E-state index contributed by atoms with van der Waals surface area (Å²) in [4.78, 5) is 16.2. The van der Waals surface area contributed by atoms with Crippen LogP contribution in [0.3, 0.4) is 0 Å². The number of carbonyl (C=O) groups excluding carboxylic acids is 1. The van der Waals surface area contributed by atoms with Gasteiger partial charge in [0.05, 0.1) is 0 Å². The first-order valence-corrected chi connectivity index (χ1v) is 7.53. The Morgan fingerprint density at radius 3 is 2.80 bits per heavy atom. The van der Waals surface area contributed by atoms with Crippen molar-refractivity contribution in [3.05, 3.63) is 52.5 Å². The number of benzene rings is 1. The molecule has 2 aromatic rings. The maximum absolute atomic E-state index is 11.9. The van der Waals surface area contributed by atoms with E-state index in [2.05, 4.69) is 37.7 Å². The number of amides is 1. The zero-order valence-electron chi connectivity index (χ0n) is 11.5. The van der Waals surface area contributed by atoms with Crippen LogP contribution in [0.1, 0.15) is 29.5 Å². The Bertz CT molecular complexity index is 563. The minimum Gasteiger partial charge on any atom is -0.352 e. The Kier molecular flexibility index (Phi) is 5.35. The Morgan fingerprint density at radius 1 is 1.35 bits per heavy atom. The highest BCUT2D eigenvalue weighted by atomic mass is 79.9. The minimum atomic E-state index is -0.0288. The Hall–Kier alpha value is -1.62. The molecule has 0 fully saturated rings. The van der Waals surface area contributed by atoms with Crippen LogP contribution in [0.4, 0.5) is 0 Å². The van der Waals surface area contributed by atoms with Gasteiger partial charge in [0, 0.05) is 41.9 Å². The first-order chi connectivity index (χ1) is 9.70. The molecule has 0 unspecified atom stereocenters. The maximum Gasteiger partial charge on any atom is 0.251 e. The highest BCUT2D eigenvalue weighted by molar-refractivity contribution is 9.10. The molecule has 4 nitrogen and oxygen atoms in total. The predicted molar refractivity (Wildman–Crippen MR) is 82.7 cm³/mol. The number of hydrogen-bond acceptors (Lipinski definition) is 2. The average Bonchev–Trinajstić information content (AvgIpc) is 2.91. The minimum absolute atomic E-state index is 0.0288. The van der Waals surface area contributed by atoms with Crippen LogP contribution >= 0.6 is 15.9 Å². The number of aromatic nitrogens is 2. The van der Waals surface area contributed by atoms with E-state index >= 15 is 0 Å². The predicted octanol–water partition coefficient (Wildman–Crippen LogP) is 3.03. The van der Waals surface area contributed by atoms with Crippen molar-refractivity contribution in [1.82, 2.24) is 14.9 Å². The molecular formula is C15H18BrN3O. The molecular weight excluding hydrogens is 318 g/mol. The van der Waals surface area contributed by atoms with E-state index in [-0.39, 0.29) is 5.91 Å². The summed E-state index contributed by atoms with van der Waals surface area (Å²) in [6, 6.07) is 7.36. The largest absolute Gasteiger partial charge is 0.352 e. The molecule has 0 aliphatic heterocycles. The number of aryl methyl sites for hydroxylation is 2. The van der Waals surface area contributed by atoms with Gasteiger partial charge in [0.25, 0.3) is 5.91 Å². The summed E-state index contributed by atoms with van der Waals surface area (Å²) in [6.45, 7) is 3.63. The lowest BCUT2D eigenvalue weighted by molar-refractivity contribution is 0.0952. The Labute approximate surface area is 127 Å². The molecule has 1 aromatic carbocycles. The van der Waals surface area contributed by atoms with Crippen molar-refractivity contribution in [3.63, 3.8) is 0 Å². The van der Waals surface area contributed by atoms with Crippen molar-refractivity contribution in [2.45, 2.75) is 26.3 Å². The van der Waals surface area contributed by atoms with Crippen LogP contribution in [0.5, 0.6) is 0 Å². The van der Waals surface area contributed by atoms with Gasteiger partial charge in [-0.25, -0.2) is 4.98 Å². The van der Waals surface area contributed by atoms with Gasteiger partial charge in [0.15, 0.2) is 0 Å². The number of nitrogens with zero attached hydrogens (tertiary/aromatic N) is 2. The summed E-state index contributed by atoms with van der Waals surface area (Å²) in [6.07, 6.45) is 5.62. The second-order valence-corrected chi connectivity index (χ2v) is 5.42. The molecule has 1 aromatic heterocycles. The smallest absolute Gasteiger partial charge is 0.251 e. The zero-order valence-corrected chi connectivity index (χ0v) is 13.1. The molecule has 0 saturated carbocycles. The molecule has 1 heterocycles. The lowest BCUT2D eigenvalue weighted by Gasteiger charge is -2.08. The third-order valence-electron chi connectivity index (χ3n) is 3.09. The zero-order chi connectivity index (χ0) is 14.4. The Morgan fingerprint density at radius 2 is 2.10 bits per heavy atom. The van der Waals surface area contributed by atoms with E-state index in [4.69, 9.17) is 0 Å². The van der Waals surface area contributed by atoms with E-state index in [0.717, 1.165) is 29.7 Å². The summed E-state index contributed by atoms with van der Waals surface area (Å²) < 4.78 is 3.10. The van der Waals surface area contributed by atoms with Gasteiger partial charge >= 0.3 is 0 Å². The average molecular weight is 336 g/mol. The fourth-order valence-electron chi connectivity index (χ4n) is 2.01. The van der Waals surface area contributed by atoms with Crippen molar-refractivity contribution < 1.29 is 4.79 Å². The van der Waals surface area contributed by atoms with E-state index in [1.54, 1.807) is 0 Å². The van der Waals surface area contributed by atoms with E-state index in [1.165, 1.54) is 0 Å². The SMILES string of the molecule is CCc1nccn1CCCNC(=O)c1ccc(Br)cc1. The fraction of sp³-hybridized carbons (Fsp3) is 0.333. The van der Waals surface area contributed by atoms with Crippen molar-refractivity contribution in [2.24, 2.45) is 0 Å². The van der Waals surface area contributed by atoms with E-state index in [9.17, 15) is 4.79 Å². The van der Waals surface area contributed by atoms with Crippen LogP contribution in [-0.2, 0) is 13.0 Å². The molecule has 0 radical (unpaired) electrons. The lowest BCUT2D eigenvalue weighted by atomic mass is 10.2. The number of halogens is 1. The number of rotatable bonds is 6. The maximum atomic E-state index is 11.9. The summed E-state index contributed by atoms with van der Waals surface area (Å²) >= 11 is 3.35. The quantitative estimate of drug-likeness (QED) is 0.825. The third kappa shape index (κ3) is 3.93. The molecule has 106 valence electrons. The van der Waals surface area contributed by atoms with E-state index in [1.807, 2.05) is 36.7 Å². The first kappa shape index (κ1) is 14.8. The molecule has 0 bridgehead atoms. The second kappa shape index (κ2) is 7.24. The Balaban J connectivity index is 1.76. The summed E-state index contributed by atoms with van der Waals surface area (Å²) in [7, 11) is 0. The number of hydrogen-bond donors (Lipinski definition) is 1. The number of nitrogens with one attached hydrogen (secondary N) is 1. The molecule has 0 aliphatic rings. The van der Waals surface area contributed by atoms with Crippen LogP contribution in [0.15, 0.2) is 41.1 Å². The molecule has 5 heteroatoms. The van der Waals surface area contributed by atoms with Crippen molar-refractivity contribution in [2.75, 3.05) is 6.54 Å². The van der Waals surface area contributed by atoms with Crippen LogP contribution in [0, 0.1) is 0 Å². The van der Waals surface area contributed by atoms with Crippen molar-refractivity contribution in [3.8, 4) is 0 Å². The molecule has 2 rings (SSSR count). The first-order valence-electron chi connectivity index (χ1n) is 6.74. The molecule has 0 saturated heterocycles. The monoisotopic (exact) mass is 335 g/mol. The highest BCUT2D eigenvalue weighted by Gasteiger charge is 2.04. The highest BCUT2D eigenvalue weighted by Crippen LogP contribution is 2.10. The van der Waals surface area contributed by atoms with Crippen molar-refractivity contribution >= 4 is 21.8 Å². The van der Waals surface area contributed by atoms with E-state index in [0.29, 0.717) is 12.1 Å². The molecule has 0 aliphatic carbocycles. The van der Waals surface area contributed by atoms with Gasteiger partial charge in [-0.2, -0.15) is 0 Å². The van der Waals surface area contributed by atoms with Gasteiger partial charge in [0.2, 0.25) is 0 Å². The topological polar surface area (TPSA) is 46.9 Å². The van der Waals surface area contributed by atoms with Gasteiger partial charge in [-0.1, -0.05) is 22.9 Å². The van der Waals surface area contributed by atoms with E-state index < -0.39 is 0 Å². The van der Waals surface area contributed by atoms with Gasteiger partial charge < -0.3 is 9.88 Å². The lowest BCUT2D eigenvalue weighted by Crippen LogP contribution is -2.25. The molecule has 1 amide bonds. The summed E-state index contributed by atoms with van der Waals surface area (Å²) in [5, 5.41) is 2.93. The molecule has 1 N–H and O–H groups in total. The number of carbonyl (C=O) groups is 1. The summed E-state index contributed by atoms with van der Waals surface area (Å²) in [5.41, 5.74) is 0.685. The molecule has 0 atom stereocenters. The van der Waals surface area contributed by atoms with Crippen LogP contribution in [0.25, 0.3) is 0 Å². The van der Waals surface area contributed by atoms with Crippen LogP contribution in [-0.4, -0.2) is 22.0 Å². The van der Waals surface area contributed by atoms with Crippen LogP contribution in [0.2, 0.25) is 0 Å². The number of imidazole rings is 1. The fourth-order valence-corrected chi connectivity index (χ4v) is 2.28. The van der Waals surface area contributed by atoms with Gasteiger partial charge in [-0.15, -0.1) is 0 Å². The van der Waals surface area contributed by atoms with Crippen molar-refractivity contribution in [1.29, 1.82) is 0 Å². The third-order valence-corrected chi connectivity index (χ3v) is 3.61. The molecule has 20 heavy (non-hydrogen) atoms. The summed E-state index contributed by atoms with van der Waals surface area (Å²) in [5.74, 6) is 1.06. The van der Waals surface area contributed by atoms with Crippen LogP contribution < -0.4 is 5.32 Å². The molecule has 0 spiro atoms. The van der Waals surface area contributed by atoms with Gasteiger partial charge in [-0.05, 0) is 30.7 Å².